The van der Waals surface area contributed by atoms with E-state index < -0.39 is 0 Å². The molecule has 3 N–H and O–H groups in total. The highest BCUT2D eigenvalue weighted by Gasteiger charge is 2.08. The van der Waals surface area contributed by atoms with Crippen LogP contribution in [0, 0.1) is 0 Å². The SMILES string of the molecule is Nc1ccncc1C(=O)NCCc1ccccc1. The van der Waals surface area contributed by atoms with Gasteiger partial charge in [-0.05, 0) is 18.1 Å². The van der Waals surface area contributed by atoms with Gasteiger partial charge in [0.05, 0.1) is 5.56 Å². The van der Waals surface area contributed by atoms with Crippen molar-refractivity contribution in [1.29, 1.82) is 0 Å². The number of carbonyl (C=O) groups is 1. The van der Waals surface area contributed by atoms with Gasteiger partial charge in [-0.2, -0.15) is 0 Å². The lowest BCUT2D eigenvalue weighted by atomic mass is 10.1. The molecule has 0 fully saturated rings. The van der Waals surface area contributed by atoms with E-state index in [1.165, 1.54) is 11.8 Å². The largest absolute Gasteiger partial charge is 0.398 e. The van der Waals surface area contributed by atoms with Crippen LogP contribution in [-0.2, 0) is 6.42 Å². The molecule has 0 bridgehead atoms. The zero-order valence-electron chi connectivity index (χ0n) is 9.97. The first kappa shape index (κ1) is 12.1. The molecule has 2 aromatic rings. The number of aromatic nitrogens is 1. The summed E-state index contributed by atoms with van der Waals surface area (Å²) in [4.78, 5) is 15.7. The fourth-order valence-electron chi connectivity index (χ4n) is 1.66. The third-order valence-corrected chi connectivity index (χ3v) is 2.64. The number of nitrogens with two attached hydrogens (primary N) is 1. The molecule has 0 aliphatic rings. The Labute approximate surface area is 106 Å². The van der Waals surface area contributed by atoms with Crippen LogP contribution in [0.3, 0.4) is 0 Å². The van der Waals surface area contributed by atoms with Crippen molar-refractivity contribution < 1.29 is 4.79 Å². The van der Waals surface area contributed by atoms with Gasteiger partial charge in [-0.3, -0.25) is 9.78 Å². The summed E-state index contributed by atoms with van der Waals surface area (Å²) < 4.78 is 0. The molecule has 0 unspecified atom stereocenters. The average molecular weight is 241 g/mol. The number of hydrogen-bond acceptors (Lipinski definition) is 3. The first-order valence-corrected chi connectivity index (χ1v) is 5.79. The third kappa shape index (κ3) is 3.07. The van der Waals surface area contributed by atoms with Crippen molar-refractivity contribution in [2.45, 2.75) is 6.42 Å². The number of nitrogens with zero attached hydrogens (tertiary/aromatic N) is 1. The maximum Gasteiger partial charge on any atom is 0.254 e. The van der Waals surface area contributed by atoms with Gasteiger partial charge in [-0.25, -0.2) is 0 Å². The minimum atomic E-state index is -0.184. The van der Waals surface area contributed by atoms with E-state index in [4.69, 9.17) is 5.73 Å². The summed E-state index contributed by atoms with van der Waals surface area (Å²) in [5, 5.41) is 2.83. The molecule has 1 aromatic heterocycles. The lowest BCUT2D eigenvalue weighted by Gasteiger charge is -2.06. The zero-order chi connectivity index (χ0) is 12.8. The molecule has 4 heteroatoms. The highest BCUT2D eigenvalue weighted by Crippen LogP contribution is 2.08. The smallest absolute Gasteiger partial charge is 0.254 e. The van der Waals surface area contributed by atoms with Crippen LogP contribution in [0.4, 0.5) is 5.69 Å². The van der Waals surface area contributed by atoms with Crippen LogP contribution >= 0.6 is 0 Å². The number of amides is 1. The van der Waals surface area contributed by atoms with Gasteiger partial charge in [0.25, 0.3) is 5.91 Å². The number of nitrogen functional groups attached to an aromatic ring is 1. The molecule has 18 heavy (non-hydrogen) atoms. The van der Waals surface area contributed by atoms with Crippen molar-refractivity contribution in [2.75, 3.05) is 12.3 Å². The molecule has 0 saturated heterocycles. The molecule has 2 rings (SSSR count). The molecule has 0 spiro atoms. The second-order valence-electron chi connectivity index (χ2n) is 3.95. The molecular formula is C14H15N3O. The summed E-state index contributed by atoms with van der Waals surface area (Å²) in [6, 6.07) is 11.6. The summed E-state index contributed by atoms with van der Waals surface area (Å²) in [7, 11) is 0. The van der Waals surface area contributed by atoms with Crippen molar-refractivity contribution in [3.8, 4) is 0 Å². The van der Waals surface area contributed by atoms with E-state index in [2.05, 4.69) is 10.3 Å². The van der Waals surface area contributed by atoms with Crippen molar-refractivity contribution >= 4 is 11.6 Å². The van der Waals surface area contributed by atoms with E-state index in [1.807, 2.05) is 30.3 Å². The Morgan fingerprint density at radius 3 is 2.72 bits per heavy atom. The molecule has 1 amide bonds. The second-order valence-corrected chi connectivity index (χ2v) is 3.95. The first-order valence-electron chi connectivity index (χ1n) is 5.79. The number of pyridine rings is 1. The maximum atomic E-state index is 11.8. The van der Waals surface area contributed by atoms with Gasteiger partial charge >= 0.3 is 0 Å². The molecule has 1 heterocycles. The molecule has 0 saturated carbocycles. The van der Waals surface area contributed by atoms with Crippen LogP contribution in [0.1, 0.15) is 15.9 Å². The lowest BCUT2D eigenvalue weighted by molar-refractivity contribution is 0.0954. The molecule has 4 nitrogen and oxygen atoms in total. The monoisotopic (exact) mass is 241 g/mol. The van der Waals surface area contributed by atoms with Crippen LogP contribution in [0.5, 0.6) is 0 Å². The number of benzene rings is 1. The standard InChI is InChI=1S/C14H15N3O/c15-13-7-8-16-10-12(13)14(18)17-9-6-11-4-2-1-3-5-11/h1-5,7-8,10H,6,9H2,(H2,15,16)(H,17,18). The van der Waals surface area contributed by atoms with E-state index in [9.17, 15) is 4.79 Å². The molecule has 92 valence electrons. The fourth-order valence-corrected chi connectivity index (χ4v) is 1.66. The van der Waals surface area contributed by atoms with Crippen LogP contribution in [0.2, 0.25) is 0 Å². The first-order chi connectivity index (χ1) is 8.77. The van der Waals surface area contributed by atoms with Gasteiger partial charge in [0, 0.05) is 24.6 Å². The van der Waals surface area contributed by atoms with E-state index in [0.29, 0.717) is 17.8 Å². The van der Waals surface area contributed by atoms with Gasteiger partial charge in [0.1, 0.15) is 0 Å². The fraction of sp³-hybridized carbons (Fsp3) is 0.143. The highest BCUT2D eigenvalue weighted by atomic mass is 16.1. The van der Waals surface area contributed by atoms with Gasteiger partial charge in [0.15, 0.2) is 0 Å². The lowest BCUT2D eigenvalue weighted by Crippen LogP contribution is -2.26. The van der Waals surface area contributed by atoms with E-state index in [0.717, 1.165) is 6.42 Å². The van der Waals surface area contributed by atoms with Crippen molar-refractivity contribution in [3.05, 3.63) is 59.9 Å². The molecule has 0 aliphatic heterocycles. The molecule has 0 radical (unpaired) electrons. The van der Waals surface area contributed by atoms with Crippen LogP contribution in [-0.4, -0.2) is 17.4 Å². The Morgan fingerprint density at radius 1 is 1.22 bits per heavy atom. The quantitative estimate of drug-likeness (QED) is 0.855. The Morgan fingerprint density at radius 2 is 2.00 bits per heavy atom. The Kier molecular flexibility index (Phi) is 3.91. The molecule has 0 atom stereocenters. The predicted molar refractivity (Wildman–Crippen MR) is 71.1 cm³/mol. The predicted octanol–water partition coefficient (Wildman–Crippen LogP) is 1.64. The molecule has 0 aliphatic carbocycles. The van der Waals surface area contributed by atoms with E-state index >= 15 is 0 Å². The Balaban J connectivity index is 1.88. The van der Waals surface area contributed by atoms with E-state index in [1.54, 1.807) is 12.3 Å². The third-order valence-electron chi connectivity index (χ3n) is 2.64. The summed E-state index contributed by atoms with van der Waals surface area (Å²) in [5.74, 6) is -0.184. The van der Waals surface area contributed by atoms with Crippen molar-refractivity contribution in [2.24, 2.45) is 0 Å². The zero-order valence-corrected chi connectivity index (χ0v) is 9.97. The second kappa shape index (κ2) is 5.82. The topological polar surface area (TPSA) is 68.0 Å². The molecule has 1 aromatic carbocycles. The maximum absolute atomic E-state index is 11.8. The summed E-state index contributed by atoms with van der Waals surface area (Å²) >= 11 is 0. The summed E-state index contributed by atoms with van der Waals surface area (Å²) in [6.07, 6.45) is 3.84. The number of rotatable bonds is 4. The average Bonchev–Trinajstić information content (AvgIpc) is 2.40. The Bertz CT molecular complexity index is 526. The minimum absolute atomic E-state index is 0.184. The van der Waals surface area contributed by atoms with Gasteiger partial charge in [-0.1, -0.05) is 30.3 Å². The summed E-state index contributed by atoms with van der Waals surface area (Å²) in [5.41, 5.74) is 7.76. The van der Waals surface area contributed by atoms with Crippen molar-refractivity contribution in [1.82, 2.24) is 10.3 Å². The number of anilines is 1. The number of hydrogen-bond donors (Lipinski definition) is 2. The van der Waals surface area contributed by atoms with Crippen molar-refractivity contribution in [3.63, 3.8) is 0 Å². The van der Waals surface area contributed by atoms with Crippen LogP contribution in [0.25, 0.3) is 0 Å². The van der Waals surface area contributed by atoms with Gasteiger partial charge in [0.2, 0.25) is 0 Å². The highest BCUT2D eigenvalue weighted by molar-refractivity contribution is 5.98. The number of carbonyl (C=O) groups excluding carboxylic acids is 1. The van der Waals surface area contributed by atoms with Gasteiger partial charge < -0.3 is 11.1 Å². The summed E-state index contributed by atoms with van der Waals surface area (Å²) in [6.45, 7) is 0.581. The van der Waals surface area contributed by atoms with Crippen LogP contribution in [0.15, 0.2) is 48.8 Å². The normalized spacial score (nSPS) is 10.0. The molecular weight excluding hydrogens is 226 g/mol. The Hall–Kier alpha value is -2.36. The van der Waals surface area contributed by atoms with Gasteiger partial charge in [-0.15, -0.1) is 0 Å². The minimum Gasteiger partial charge on any atom is -0.398 e. The van der Waals surface area contributed by atoms with E-state index in [-0.39, 0.29) is 5.91 Å². The number of nitrogens with one attached hydrogen (secondary N) is 1. The van der Waals surface area contributed by atoms with Crippen LogP contribution < -0.4 is 11.1 Å².